The Labute approximate surface area is 175 Å². The predicted octanol–water partition coefficient (Wildman–Crippen LogP) is 5.62. The molecule has 0 bridgehead atoms. The van der Waals surface area contributed by atoms with Crippen LogP contribution in [-0.2, 0) is 4.74 Å². The second-order valence-corrected chi connectivity index (χ2v) is 11.0. The van der Waals surface area contributed by atoms with Crippen LogP contribution in [0, 0.1) is 34.5 Å². The van der Waals surface area contributed by atoms with Crippen molar-refractivity contribution in [1.82, 2.24) is 0 Å². The number of hydrogen-bond donors (Lipinski definition) is 1. The lowest BCUT2D eigenvalue weighted by atomic mass is 9.45. The second-order valence-electron chi connectivity index (χ2n) is 11.0. The Hall–Kier alpha value is -1.35. The summed E-state index contributed by atoms with van der Waals surface area (Å²) in [5.41, 5.74) is 1.20. The lowest BCUT2D eigenvalue weighted by Crippen LogP contribution is -2.54. The molecule has 4 saturated carbocycles. The number of carbonyl (C=O) groups is 1. The van der Waals surface area contributed by atoms with Crippen LogP contribution in [0.4, 0.5) is 0 Å². The Balaban J connectivity index is 1.34. The van der Waals surface area contributed by atoms with E-state index in [0.29, 0.717) is 22.8 Å². The van der Waals surface area contributed by atoms with E-state index < -0.39 is 0 Å². The van der Waals surface area contributed by atoms with E-state index in [9.17, 15) is 9.90 Å². The number of ether oxygens (including phenoxy) is 1. The van der Waals surface area contributed by atoms with Crippen molar-refractivity contribution in [3.8, 4) is 0 Å². The summed E-state index contributed by atoms with van der Waals surface area (Å²) in [6.45, 7) is 4.94. The van der Waals surface area contributed by atoms with Gasteiger partial charge in [-0.3, -0.25) is 0 Å². The lowest BCUT2D eigenvalue weighted by Gasteiger charge is -2.60. The van der Waals surface area contributed by atoms with E-state index in [1.54, 1.807) is 0 Å². The van der Waals surface area contributed by atoms with E-state index in [-0.39, 0.29) is 23.6 Å². The van der Waals surface area contributed by atoms with Gasteiger partial charge in [-0.2, -0.15) is 0 Å². The van der Waals surface area contributed by atoms with Gasteiger partial charge in [0.2, 0.25) is 0 Å². The molecule has 5 rings (SSSR count). The number of rotatable bonds is 2. The molecule has 4 aliphatic carbocycles. The van der Waals surface area contributed by atoms with Crippen molar-refractivity contribution < 1.29 is 14.6 Å². The zero-order chi connectivity index (χ0) is 20.2. The normalized spacial score (nSPS) is 46.3. The molecule has 0 aliphatic heterocycles. The fourth-order valence-electron chi connectivity index (χ4n) is 8.15. The number of esters is 1. The summed E-state index contributed by atoms with van der Waals surface area (Å²) in [5, 5.41) is 10.2. The van der Waals surface area contributed by atoms with E-state index in [4.69, 9.17) is 4.74 Å². The molecule has 0 radical (unpaired) electrons. The van der Waals surface area contributed by atoms with Gasteiger partial charge in [-0.1, -0.05) is 32.0 Å². The van der Waals surface area contributed by atoms with Crippen LogP contribution in [0.1, 0.15) is 82.0 Å². The summed E-state index contributed by atoms with van der Waals surface area (Å²) in [4.78, 5) is 12.7. The molecule has 4 aliphatic rings. The molecular formula is C26H36O3. The van der Waals surface area contributed by atoms with Gasteiger partial charge < -0.3 is 9.84 Å². The first-order valence-electron chi connectivity index (χ1n) is 11.9. The van der Waals surface area contributed by atoms with Crippen molar-refractivity contribution in [2.24, 2.45) is 34.5 Å². The Kier molecular flexibility index (Phi) is 4.81. The van der Waals surface area contributed by atoms with Gasteiger partial charge in [0.05, 0.1) is 11.7 Å². The largest absolute Gasteiger partial charge is 0.458 e. The number of aliphatic hydroxyl groups is 1. The highest BCUT2D eigenvalue weighted by Crippen LogP contribution is 2.66. The third-order valence-electron chi connectivity index (χ3n) is 9.81. The molecule has 0 saturated heterocycles. The average Bonchev–Trinajstić information content (AvgIpc) is 3.05. The minimum Gasteiger partial charge on any atom is -0.458 e. The maximum atomic E-state index is 12.7. The average molecular weight is 397 g/mol. The first kappa shape index (κ1) is 19.6. The van der Waals surface area contributed by atoms with Crippen LogP contribution in [-0.4, -0.2) is 23.3 Å². The number of hydrogen-bond acceptors (Lipinski definition) is 3. The molecule has 1 aromatic rings. The number of fused-ring (bicyclic) bond motifs is 5. The highest BCUT2D eigenvalue weighted by atomic mass is 16.5. The maximum absolute atomic E-state index is 12.7. The molecule has 3 nitrogen and oxygen atoms in total. The molecular weight excluding hydrogens is 360 g/mol. The number of benzene rings is 1. The Morgan fingerprint density at radius 1 is 0.931 bits per heavy atom. The van der Waals surface area contributed by atoms with Crippen LogP contribution < -0.4 is 0 Å². The van der Waals surface area contributed by atoms with E-state index in [0.717, 1.165) is 31.1 Å². The molecule has 29 heavy (non-hydrogen) atoms. The highest BCUT2D eigenvalue weighted by molar-refractivity contribution is 5.89. The van der Waals surface area contributed by atoms with E-state index >= 15 is 0 Å². The van der Waals surface area contributed by atoms with Crippen molar-refractivity contribution in [2.75, 3.05) is 0 Å². The predicted molar refractivity (Wildman–Crippen MR) is 113 cm³/mol. The summed E-state index contributed by atoms with van der Waals surface area (Å²) in [7, 11) is 0. The smallest absolute Gasteiger partial charge is 0.338 e. The zero-order valence-corrected chi connectivity index (χ0v) is 18.0. The van der Waals surface area contributed by atoms with E-state index in [2.05, 4.69) is 13.8 Å². The summed E-state index contributed by atoms with van der Waals surface area (Å²) < 4.78 is 6.12. The maximum Gasteiger partial charge on any atom is 0.338 e. The van der Waals surface area contributed by atoms with Crippen LogP contribution in [0.5, 0.6) is 0 Å². The van der Waals surface area contributed by atoms with Gasteiger partial charge in [-0.25, -0.2) is 4.79 Å². The summed E-state index contributed by atoms with van der Waals surface area (Å²) >= 11 is 0. The minimum atomic E-state index is -0.156. The van der Waals surface area contributed by atoms with Crippen LogP contribution in [0.3, 0.4) is 0 Å². The van der Waals surface area contributed by atoms with Crippen LogP contribution in [0.2, 0.25) is 0 Å². The molecule has 3 heteroatoms. The fraction of sp³-hybridized carbons (Fsp3) is 0.731. The van der Waals surface area contributed by atoms with Gasteiger partial charge in [0, 0.05) is 5.41 Å². The molecule has 0 aromatic heterocycles. The molecule has 4 fully saturated rings. The fourth-order valence-corrected chi connectivity index (χ4v) is 8.15. The first-order valence-corrected chi connectivity index (χ1v) is 11.9. The lowest BCUT2D eigenvalue weighted by molar-refractivity contribution is -0.134. The van der Waals surface area contributed by atoms with E-state index in [1.165, 1.54) is 38.5 Å². The zero-order valence-electron chi connectivity index (χ0n) is 18.0. The van der Waals surface area contributed by atoms with Crippen molar-refractivity contribution in [3.05, 3.63) is 35.9 Å². The van der Waals surface area contributed by atoms with Crippen molar-refractivity contribution >= 4 is 5.97 Å². The molecule has 8 atom stereocenters. The van der Waals surface area contributed by atoms with Crippen LogP contribution >= 0.6 is 0 Å². The van der Waals surface area contributed by atoms with Crippen LogP contribution in [0.25, 0.3) is 0 Å². The monoisotopic (exact) mass is 396 g/mol. The molecule has 1 aromatic carbocycles. The number of carbonyl (C=O) groups excluding carboxylic acids is 1. The second kappa shape index (κ2) is 7.11. The molecule has 1 N–H and O–H groups in total. The quantitative estimate of drug-likeness (QED) is 0.660. The molecule has 0 amide bonds. The SMILES string of the molecule is C[C@]12CC[C@H](O)C[C@@H]1CC[C@@H]1[C@H]3CC[C@H](OC(=O)c4ccccc4)[C@@]3(C)CC[C@@H]12. The third kappa shape index (κ3) is 3.07. The van der Waals surface area contributed by atoms with Gasteiger partial charge in [-0.15, -0.1) is 0 Å². The minimum absolute atomic E-state index is 0.0554. The van der Waals surface area contributed by atoms with Crippen LogP contribution in [0.15, 0.2) is 30.3 Å². The Morgan fingerprint density at radius 2 is 1.66 bits per heavy atom. The summed E-state index contributed by atoms with van der Waals surface area (Å²) in [6, 6.07) is 9.45. The molecule has 0 spiro atoms. The van der Waals surface area contributed by atoms with Crippen molar-refractivity contribution in [3.63, 3.8) is 0 Å². The standard InChI is InChI=1S/C26H36O3/c1-25-14-12-19(27)16-18(25)8-9-20-21-10-11-23(26(21,2)15-13-22(20)25)29-24(28)17-6-4-3-5-7-17/h3-7,18-23,27H,8-16H2,1-2H3/t18-,19-,20+,21+,22-,23-,25-,26-/m0/s1. The van der Waals surface area contributed by atoms with Gasteiger partial charge in [-0.05, 0) is 99.0 Å². The van der Waals surface area contributed by atoms with Crippen molar-refractivity contribution in [1.29, 1.82) is 0 Å². The van der Waals surface area contributed by atoms with Gasteiger partial charge in [0.25, 0.3) is 0 Å². The van der Waals surface area contributed by atoms with Crippen molar-refractivity contribution in [2.45, 2.75) is 83.8 Å². The summed E-state index contributed by atoms with van der Waals surface area (Å²) in [6.07, 6.45) is 10.4. The Bertz CT molecular complexity index is 760. The Morgan fingerprint density at radius 3 is 2.45 bits per heavy atom. The first-order chi connectivity index (χ1) is 13.9. The highest BCUT2D eigenvalue weighted by Gasteiger charge is 2.61. The number of aliphatic hydroxyl groups excluding tert-OH is 1. The third-order valence-corrected chi connectivity index (χ3v) is 9.81. The molecule has 0 unspecified atom stereocenters. The van der Waals surface area contributed by atoms with E-state index in [1.807, 2.05) is 30.3 Å². The van der Waals surface area contributed by atoms with Gasteiger partial charge in [0.15, 0.2) is 0 Å². The molecule has 0 heterocycles. The van der Waals surface area contributed by atoms with Gasteiger partial charge in [0.1, 0.15) is 6.10 Å². The van der Waals surface area contributed by atoms with Gasteiger partial charge >= 0.3 is 5.97 Å². The summed E-state index contributed by atoms with van der Waals surface area (Å²) in [5.74, 6) is 2.78. The molecule has 158 valence electrons. The topological polar surface area (TPSA) is 46.5 Å².